The van der Waals surface area contributed by atoms with Crippen LogP contribution < -0.4 is 15.9 Å². The number of aromatic hydroxyl groups is 1. The van der Waals surface area contributed by atoms with Crippen molar-refractivity contribution in [3.63, 3.8) is 0 Å². The van der Waals surface area contributed by atoms with Gasteiger partial charge in [-0.05, 0) is 86.3 Å². The first-order valence-electron chi connectivity index (χ1n) is 16.5. The van der Waals surface area contributed by atoms with E-state index in [1.807, 2.05) is 28.8 Å². The van der Waals surface area contributed by atoms with E-state index in [4.69, 9.17) is 26.6 Å². The van der Waals surface area contributed by atoms with Gasteiger partial charge in [0.1, 0.15) is 12.1 Å². The van der Waals surface area contributed by atoms with Gasteiger partial charge in [-0.25, -0.2) is 14.8 Å². The Bertz CT molecular complexity index is 1900. The summed E-state index contributed by atoms with van der Waals surface area (Å²) in [7, 11) is 0. The molecule has 5 fully saturated rings. The number of benzene rings is 2. The number of halogens is 1. The maximum atomic E-state index is 14.5. The van der Waals surface area contributed by atoms with Gasteiger partial charge in [-0.3, -0.25) is 4.57 Å². The summed E-state index contributed by atoms with van der Waals surface area (Å²) < 4.78 is 1.91. The minimum absolute atomic E-state index is 0.195. The topological polar surface area (TPSA) is 96.2 Å². The van der Waals surface area contributed by atoms with Crippen LogP contribution in [-0.4, -0.2) is 43.3 Å². The van der Waals surface area contributed by atoms with Crippen molar-refractivity contribution >= 4 is 28.1 Å². The molecule has 224 valence electrons. The lowest BCUT2D eigenvalue weighted by Crippen LogP contribution is -2.39. The van der Waals surface area contributed by atoms with Crippen LogP contribution in [0, 0.1) is 11.8 Å². The SMILES string of the molecule is O=c1nc(C2C3C4CCC(C[C@H]23)N4)c2c(n1-c1c(C3CC3)ncnc1C1CC1)CN(c1cc(O)cc3cccc(Cl)c13)CC2. The predicted octanol–water partition coefficient (Wildman–Crippen LogP) is 5.71. The van der Waals surface area contributed by atoms with Crippen LogP contribution in [0.2, 0.25) is 5.02 Å². The molecule has 3 aliphatic carbocycles. The number of piperidine rings is 1. The van der Waals surface area contributed by atoms with E-state index in [-0.39, 0.29) is 11.4 Å². The van der Waals surface area contributed by atoms with Crippen molar-refractivity contribution in [1.29, 1.82) is 0 Å². The third-order valence-electron chi connectivity index (χ3n) is 11.4. The fraction of sp³-hybridized carbons (Fsp3) is 0.486. The van der Waals surface area contributed by atoms with Gasteiger partial charge in [0.05, 0.1) is 45.7 Å². The number of phenolic OH excluding ortho intramolecular Hbond substituents is 1. The Morgan fingerprint density at radius 2 is 1.77 bits per heavy atom. The van der Waals surface area contributed by atoms with Gasteiger partial charge in [-0.1, -0.05) is 23.7 Å². The number of aromatic nitrogens is 4. The molecule has 5 atom stereocenters. The molecule has 4 unspecified atom stereocenters. The highest BCUT2D eigenvalue weighted by Gasteiger charge is 2.61. The molecule has 0 spiro atoms. The number of nitrogens with zero attached hydrogens (tertiary/aromatic N) is 5. The Balaban J connectivity index is 1.17. The lowest BCUT2D eigenvalue weighted by Gasteiger charge is -2.34. The van der Waals surface area contributed by atoms with E-state index in [0.29, 0.717) is 53.2 Å². The highest BCUT2D eigenvalue weighted by molar-refractivity contribution is 6.36. The van der Waals surface area contributed by atoms with Gasteiger partial charge in [0.2, 0.25) is 0 Å². The number of anilines is 1. The van der Waals surface area contributed by atoms with Crippen molar-refractivity contribution < 1.29 is 5.11 Å². The minimum atomic E-state index is -0.195. The van der Waals surface area contributed by atoms with E-state index in [1.165, 1.54) is 24.8 Å². The van der Waals surface area contributed by atoms with Gasteiger partial charge in [-0.15, -0.1) is 0 Å². The Hall–Kier alpha value is -3.49. The zero-order valence-corrected chi connectivity index (χ0v) is 25.3. The number of hydrogen-bond donors (Lipinski definition) is 2. The zero-order chi connectivity index (χ0) is 29.3. The summed E-state index contributed by atoms with van der Waals surface area (Å²) in [5.41, 5.74) is 6.89. The summed E-state index contributed by atoms with van der Waals surface area (Å²) in [6.07, 6.45) is 10.6. The molecule has 5 heterocycles. The average molecular weight is 607 g/mol. The summed E-state index contributed by atoms with van der Waals surface area (Å²) in [5.74, 6) is 2.51. The van der Waals surface area contributed by atoms with Crippen LogP contribution in [0.25, 0.3) is 16.5 Å². The third kappa shape index (κ3) is 3.86. The van der Waals surface area contributed by atoms with Gasteiger partial charge in [0, 0.05) is 47.8 Å². The summed E-state index contributed by atoms with van der Waals surface area (Å²) in [4.78, 5) is 31.4. The minimum Gasteiger partial charge on any atom is -0.508 e. The zero-order valence-electron chi connectivity index (χ0n) is 24.5. The van der Waals surface area contributed by atoms with E-state index < -0.39 is 0 Å². The molecule has 2 N–H and O–H groups in total. The number of nitrogens with one attached hydrogen (secondary N) is 1. The summed E-state index contributed by atoms with van der Waals surface area (Å²) in [6, 6.07) is 10.6. The fourth-order valence-electron chi connectivity index (χ4n) is 9.12. The molecule has 4 aromatic rings. The molecule has 9 heteroatoms. The average Bonchev–Trinajstić information content (AvgIpc) is 3.91. The van der Waals surface area contributed by atoms with Gasteiger partial charge >= 0.3 is 5.69 Å². The first-order valence-corrected chi connectivity index (χ1v) is 16.8. The molecule has 3 saturated carbocycles. The molecule has 8 nitrogen and oxygen atoms in total. The number of fused-ring (bicyclic) bond motifs is 6. The first-order chi connectivity index (χ1) is 21.5. The highest BCUT2D eigenvalue weighted by atomic mass is 35.5. The Morgan fingerprint density at radius 1 is 0.977 bits per heavy atom. The van der Waals surface area contributed by atoms with Gasteiger partial charge in [0.15, 0.2) is 0 Å². The number of hydrogen-bond acceptors (Lipinski definition) is 7. The summed E-state index contributed by atoms with van der Waals surface area (Å²) in [5, 5.41) is 17.1. The van der Waals surface area contributed by atoms with Crippen LogP contribution in [0.1, 0.15) is 91.0 Å². The lowest BCUT2D eigenvalue weighted by atomic mass is 9.95. The molecule has 0 radical (unpaired) electrons. The van der Waals surface area contributed by atoms with Crippen LogP contribution in [0.5, 0.6) is 5.75 Å². The fourth-order valence-corrected chi connectivity index (χ4v) is 9.40. The molecule has 3 aliphatic heterocycles. The molecule has 2 aromatic heterocycles. The molecular formula is C35H35ClN6O2. The van der Waals surface area contributed by atoms with Crippen LogP contribution >= 0.6 is 11.6 Å². The normalized spacial score (nSPS) is 28.7. The predicted molar refractivity (Wildman–Crippen MR) is 169 cm³/mol. The molecule has 44 heavy (non-hydrogen) atoms. The molecule has 0 amide bonds. The van der Waals surface area contributed by atoms with E-state index in [9.17, 15) is 9.90 Å². The van der Waals surface area contributed by atoms with Crippen molar-refractivity contribution in [2.75, 3.05) is 11.4 Å². The van der Waals surface area contributed by atoms with Crippen LogP contribution in [0.3, 0.4) is 0 Å². The quantitative estimate of drug-likeness (QED) is 0.301. The second kappa shape index (κ2) is 9.27. The molecule has 6 aliphatic rings. The lowest BCUT2D eigenvalue weighted by molar-refractivity contribution is 0.387. The molecular weight excluding hydrogens is 572 g/mol. The molecule has 2 saturated heterocycles. The van der Waals surface area contributed by atoms with Gasteiger partial charge < -0.3 is 15.3 Å². The Labute approximate surface area is 260 Å². The summed E-state index contributed by atoms with van der Waals surface area (Å²) >= 11 is 6.79. The van der Waals surface area contributed by atoms with Gasteiger partial charge in [0.25, 0.3) is 0 Å². The van der Waals surface area contributed by atoms with E-state index >= 15 is 0 Å². The van der Waals surface area contributed by atoms with Crippen molar-refractivity contribution in [2.24, 2.45) is 11.8 Å². The Kier molecular flexibility index (Phi) is 5.43. The maximum Gasteiger partial charge on any atom is 0.352 e. The van der Waals surface area contributed by atoms with Crippen LogP contribution in [0.4, 0.5) is 5.69 Å². The first kappa shape index (κ1) is 25.8. The molecule has 2 bridgehead atoms. The maximum absolute atomic E-state index is 14.5. The standard InChI is InChI=1S/C35H35ClN6O2/c36-24-3-1-2-19-12-21(43)14-26(28(19)24)41-11-10-22-27(15-41)42(34-31(17-4-5-17)37-16-38-32(34)18-6-7-18)35(44)40-33(22)30-23-13-20-8-9-25(39-20)29(23)30/h1-3,12,14,16-18,20,23,25,29-30,39,43H,4-11,13,15H2/t20?,23-,25?,29?,30?/m0/s1. The monoisotopic (exact) mass is 606 g/mol. The van der Waals surface area contributed by atoms with E-state index in [1.54, 1.807) is 12.4 Å². The molecule has 10 rings (SSSR count). The van der Waals surface area contributed by atoms with Crippen molar-refractivity contribution in [2.45, 2.75) is 87.7 Å². The highest BCUT2D eigenvalue weighted by Crippen LogP contribution is 2.63. The van der Waals surface area contributed by atoms with E-state index in [2.05, 4.69) is 10.2 Å². The number of rotatable bonds is 5. The summed E-state index contributed by atoms with van der Waals surface area (Å²) in [6.45, 7) is 1.28. The van der Waals surface area contributed by atoms with E-state index in [0.717, 1.165) is 83.6 Å². The smallest absolute Gasteiger partial charge is 0.352 e. The van der Waals surface area contributed by atoms with Crippen molar-refractivity contribution in [3.8, 4) is 11.4 Å². The molecule has 2 aromatic carbocycles. The van der Waals surface area contributed by atoms with Crippen molar-refractivity contribution in [1.82, 2.24) is 24.8 Å². The Morgan fingerprint density at radius 3 is 2.55 bits per heavy atom. The van der Waals surface area contributed by atoms with Gasteiger partial charge in [-0.2, -0.15) is 4.98 Å². The van der Waals surface area contributed by atoms with Crippen LogP contribution in [0.15, 0.2) is 41.5 Å². The van der Waals surface area contributed by atoms with Crippen molar-refractivity contribution in [3.05, 3.63) is 80.5 Å². The second-order valence-electron chi connectivity index (χ2n) is 14.1. The third-order valence-corrected chi connectivity index (χ3v) is 11.7. The number of phenols is 1. The largest absolute Gasteiger partial charge is 0.508 e. The second-order valence-corrected chi connectivity index (χ2v) is 14.5. The van der Waals surface area contributed by atoms with Crippen LogP contribution in [-0.2, 0) is 13.0 Å².